The third kappa shape index (κ3) is 11.9. The molecular weight excluding hydrogens is 560 g/mol. The molecule has 0 saturated heterocycles. The first-order valence-electron chi connectivity index (χ1n) is 16.1. The number of rotatable bonds is 15. The number of unbranched alkanes of at least 4 members (excludes halogenated alkanes) is 5. The summed E-state index contributed by atoms with van der Waals surface area (Å²) in [5.41, 5.74) is 1.86. The van der Waals surface area contributed by atoms with E-state index in [-0.39, 0.29) is 16.2 Å². The molecule has 0 unspecified atom stereocenters. The lowest BCUT2D eigenvalue weighted by Gasteiger charge is -2.26. The highest BCUT2D eigenvalue weighted by Crippen LogP contribution is 2.28. The molecule has 0 heterocycles. The summed E-state index contributed by atoms with van der Waals surface area (Å²) in [6.07, 6.45) is 13.3. The van der Waals surface area contributed by atoms with E-state index in [4.69, 9.17) is 0 Å². The van der Waals surface area contributed by atoms with E-state index in [1.54, 1.807) is 36.4 Å². The Morgan fingerprint density at radius 3 is 2.07 bits per heavy atom. The van der Waals surface area contributed by atoms with Gasteiger partial charge in [0.25, 0.3) is 10.0 Å². The van der Waals surface area contributed by atoms with Gasteiger partial charge in [0.05, 0.1) is 4.90 Å². The third-order valence-corrected chi connectivity index (χ3v) is 9.57. The SMILES string of the molecule is CCCCCCCCNC(=O)[C@H](CC1CCCCC1)NC(=O)Nc1ccc(NS(=O)(=O)c2ccc(C(C)(C)C)cc2)cc1. The van der Waals surface area contributed by atoms with Crippen molar-refractivity contribution >= 4 is 33.3 Å². The summed E-state index contributed by atoms with van der Waals surface area (Å²) in [4.78, 5) is 26.2. The first-order chi connectivity index (χ1) is 20.5. The lowest BCUT2D eigenvalue weighted by molar-refractivity contribution is -0.123. The summed E-state index contributed by atoms with van der Waals surface area (Å²) >= 11 is 0. The molecule has 8 nitrogen and oxygen atoms in total. The van der Waals surface area contributed by atoms with Crippen LogP contribution in [0.2, 0.25) is 0 Å². The van der Waals surface area contributed by atoms with Crippen LogP contribution in [0.4, 0.5) is 16.2 Å². The van der Waals surface area contributed by atoms with Crippen LogP contribution in [0, 0.1) is 5.92 Å². The number of hydrogen-bond donors (Lipinski definition) is 4. The number of carbonyl (C=O) groups is 2. The molecule has 0 radical (unpaired) electrons. The maximum Gasteiger partial charge on any atom is 0.319 e. The van der Waals surface area contributed by atoms with E-state index >= 15 is 0 Å². The highest BCUT2D eigenvalue weighted by atomic mass is 32.2. The summed E-state index contributed by atoms with van der Waals surface area (Å²) in [6.45, 7) is 9.05. The Labute approximate surface area is 259 Å². The molecule has 1 aliphatic carbocycles. The van der Waals surface area contributed by atoms with Crippen LogP contribution in [0.3, 0.4) is 0 Å². The summed E-state index contributed by atoms with van der Waals surface area (Å²) in [7, 11) is -3.76. The predicted octanol–water partition coefficient (Wildman–Crippen LogP) is 7.72. The van der Waals surface area contributed by atoms with Crippen molar-refractivity contribution in [1.82, 2.24) is 10.6 Å². The van der Waals surface area contributed by atoms with Crippen LogP contribution in [0.5, 0.6) is 0 Å². The van der Waals surface area contributed by atoms with Gasteiger partial charge in [-0.1, -0.05) is 104 Å². The Balaban J connectivity index is 1.55. The van der Waals surface area contributed by atoms with Crippen LogP contribution < -0.4 is 20.7 Å². The molecule has 0 bridgehead atoms. The number of anilines is 2. The number of hydrogen-bond acceptors (Lipinski definition) is 4. The van der Waals surface area contributed by atoms with Crippen LogP contribution in [-0.2, 0) is 20.2 Å². The second-order valence-corrected chi connectivity index (χ2v) is 14.6. The van der Waals surface area contributed by atoms with Crippen molar-refractivity contribution in [2.45, 2.75) is 121 Å². The molecular formula is C34H52N4O4S. The minimum absolute atomic E-state index is 0.0713. The van der Waals surface area contributed by atoms with Crippen molar-refractivity contribution in [2.24, 2.45) is 5.92 Å². The molecule has 43 heavy (non-hydrogen) atoms. The molecule has 3 amide bonds. The minimum atomic E-state index is -3.76. The van der Waals surface area contributed by atoms with Crippen LogP contribution in [0.15, 0.2) is 53.4 Å². The molecule has 1 fully saturated rings. The van der Waals surface area contributed by atoms with Gasteiger partial charge in [0.2, 0.25) is 5.91 Å². The summed E-state index contributed by atoms with van der Waals surface area (Å²) in [5, 5.41) is 8.73. The van der Waals surface area contributed by atoms with Gasteiger partial charge in [-0.2, -0.15) is 0 Å². The van der Waals surface area contributed by atoms with E-state index in [2.05, 4.69) is 48.4 Å². The second-order valence-electron chi connectivity index (χ2n) is 12.9. The molecule has 0 aliphatic heterocycles. The summed E-state index contributed by atoms with van der Waals surface area (Å²) in [5.74, 6) is 0.297. The van der Waals surface area contributed by atoms with Gasteiger partial charge in [-0.05, 0) is 66.1 Å². The molecule has 1 aliphatic rings. The topological polar surface area (TPSA) is 116 Å². The molecule has 0 spiro atoms. The van der Waals surface area contributed by atoms with Crippen LogP contribution in [0.1, 0.15) is 110 Å². The summed E-state index contributed by atoms with van der Waals surface area (Å²) < 4.78 is 28.4. The molecule has 0 aromatic heterocycles. The van der Waals surface area contributed by atoms with Gasteiger partial charge in [-0.15, -0.1) is 0 Å². The van der Waals surface area contributed by atoms with Crippen molar-refractivity contribution in [3.05, 3.63) is 54.1 Å². The molecule has 2 aromatic rings. The molecule has 2 aromatic carbocycles. The first-order valence-corrected chi connectivity index (χ1v) is 17.5. The third-order valence-electron chi connectivity index (χ3n) is 8.17. The Hall–Kier alpha value is -3.07. The van der Waals surface area contributed by atoms with Gasteiger partial charge in [-0.3, -0.25) is 9.52 Å². The van der Waals surface area contributed by atoms with Crippen molar-refractivity contribution < 1.29 is 18.0 Å². The van der Waals surface area contributed by atoms with Gasteiger partial charge in [0.1, 0.15) is 6.04 Å². The molecule has 4 N–H and O–H groups in total. The number of urea groups is 1. The lowest BCUT2D eigenvalue weighted by Crippen LogP contribution is -2.49. The number of amides is 3. The normalized spacial score (nSPS) is 15.0. The fraction of sp³-hybridized carbons (Fsp3) is 0.588. The molecule has 238 valence electrons. The Morgan fingerprint density at radius 1 is 0.837 bits per heavy atom. The zero-order valence-corrected chi connectivity index (χ0v) is 27.3. The second kappa shape index (κ2) is 16.7. The number of benzene rings is 2. The Kier molecular flexibility index (Phi) is 13.4. The minimum Gasteiger partial charge on any atom is -0.354 e. The predicted molar refractivity (Wildman–Crippen MR) is 176 cm³/mol. The largest absolute Gasteiger partial charge is 0.354 e. The van der Waals surface area contributed by atoms with Crippen molar-refractivity contribution in [2.75, 3.05) is 16.6 Å². The van der Waals surface area contributed by atoms with Gasteiger partial charge < -0.3 is 16.0 Å². The summed E-state index contributed by atoms with van der Waals surface area (Å²) in [6, 6.07) is 12.3. The average molecular weight is 613 g/mol. The number of sulfonamides is 1. The molecule has 9 heteroatoms. The fourth-order valence-corrected chi connectivity index (χ4v) is 6.58. The van der Waals surface area contributed by atoms with Gasteiger partial charge in [0.15, 0.2) is 0 Å². The maximum absolute atomic E-state index is 13.1. The smallest absolute Gasteiger partial charge is 0.319 e. The Morgan fingerprint density at radius 2 is 1.44 bits per heavy atom. The standard InChI is InChI=1S/C34H52N4O4S/c1-5-6-7-8-9-13-24-35-32(39)31(25-26-14-11-10-12-15-26)37-33(40)36-28-18-20-29(21-19-28)38-43(41,42)30-22-16-27(17-23-30)34(2,3)4/h16-23,26,31,38H,5-15,24-25H2,1-4H3,(H,35,39)(H2,36,37,40)/t31-/m0/s1. The molecule has 1 atom stereocenters. The quantitative estimate of drug-likeness (QED) is 0.154. The van der Waals surface area contributed by atoms with E-state index in [0.29, 0.717) is 30.3 Å². The van der Waals surface area contributed by atoms with Gasteiger partial charge in [0, 0.05) is 17.9 Å². The lowest BCUT2D eigenvalue weighted by atomic mass is 9.84. The maximum atomic E-state index is 13.1. The zero-order chi connectivity index (χ0) is 31.3. The Bertz CT molecular complexity index is 1250. The van der Waals surface area contributed by atoms with E-state index in [9.17, 15) is 18.0 Å². The average Bonchev–Trinajstić information content (AvgIpc) is 2.97. The zero-order valence-electron chi connectivity index (χ0n) is 26.5. The van der Waals surface area contributed by atoms with Crippen LogP contribution in [-0.4, -0.2) is 32.9 Å². The van der Waals surface area contributed by atoms with E-state index in [0.717, 1.165) is 31.2 Å². The van der Waals surface area contributed by atoms with E-state index in [1.165, 1.54) is 44.9 Å². The highest BCUT2D eigenvalue weighted by molar-refractivity contribution is 7.92. The van der Waals surface area contributed by atoms with E-state index < -0.39 is 22.1 Å². The van der Waals surface area contributed by atoms with Crippen molar-refractivity contribution in [3.8, 4) is 0 Å². The molecule has 1 saturated carbocycles. The van der Waals surface area contributed by atoms with Crippen molar-refractivity contribution in [3.63, 3.8) is 0 Å². The van der Waals surface area contributed by atoms with Gasteiger partial charge >= 0.3 is 6.03 Å². The fourth-order valence-electron chi connectivity index (χ4n) is 5.52. The van der Waals surface area contributed by atoms with Gasteiger partial charge in [-0.25, -0.2) is 13.2 Å². The molecule has 3 rings (SSSR count). The van der Waals surface area contributed by atoms with Crippen molar-refractivity contribution in [1.29, 1.82) is 0 Å². The monoisotopic (exact) mass is 612 g/mol. The van der Waals surface area contributed by atoms with Crippen LogP contribution in [0.25, 0.3) is 0 Å². The first kappa shape index (κ1) is 34.4. The highest BCUT2D eigenvalue weighted by Gasteiger charge is 2.26. The number of carbonyl (C=O) groups excluding carboxylic acids is 2. The van der Waals surface area contributed by atoms with Crippen LogP contribution >= 0.6 is 0 Å². The van der Waals surface area contributed by atoms with E-state index in [1.807, 2.05) is 12.1 Å². The number of nitrogens with one attached hydrogen (secondary N) is 4.